The third-order valence-electron chi connectivity index (χ3n) is 3.05. The fourth-order valence-corrected chi connectivity index (χ4v) is 1.85. The first-order valence-electron chi connectivity index (χ1n) is 6.86. The average molecular weight is 272 g/mol. The number of benzene rings is 1. The highest BCUT2D eigenvalue weighted by molar-refractivity contribution is 5.39. The molecule has 1 aromatic carbocycles. The van der Waals surface area contributed by atoms with Crippen molar-refractivity contribution in [2.45, 2.75) is 19.4 Å². The van der Waals surface area contributed by atoms with Gasteiger partial charge in [0, 0.05) is 12.2 Å². The number of nitrogen functional groups attached to an aromatic ring is 1. The molecule has 0 heterocycles. The van der Waals surface area contributed by atoms with Gasteiger partial charge in [-0.3, -0.25) is 0 Å². The highest BCUT2D eigenvalue weighted by Gasteiger charge is 2.06. The Kier molecular flexibility index (Phi) is 7.40. The van der Waals surface area contributed by atoms with Crippen LogP contribution in [0.3, 0.4) is 0 Å². The summed E-state index contributed by atoms with van der Waals surface area (Å²) in [6, 6.07) is 7.86. The minimum absolute atomic E-state index is 0.498. The zero-order chi connectivity index (χ0) is 14.8. The zero-order valence-corrected chi connectivity index (χ0v) is 12.0. The Morgan fingerprint density at radius 1 is 1.40 bits per heavy atom. The molecule has 0 unspecified atom stereocenters. The minimum atomic E-state index is -0.498. The quantitative estimate of drug-likeness (QED) is 0.387. The summed E-state index contributed by atoms with van der Waals surface area (Å²) in [7, 11) is 0. The molecule has 0 fully saturated rings. The van der Waals surface area contributed by atoms with Crippen molar-refractivity contribution in [1.29, 1.82) is 0 Å². The SMILES string of the molecule is C=C/C=C\C(=C/C)[C@@H](O)CNCCc1ccc(N)cc1. The van der Waals surface area contributed by atoms with Gasteiger partial charge in [-0.2, -0.15) is 0 Å². The lowest BCUT2D eigenvalue weighted by Gasteiger charge is -2.13. The first-order valence-corrected chi connectivity index (χ1v) is 6.86. The second-order valence-electron chi connectivity index (χ2n) is 4.59. The van der Waals surface area contributed by atoms with Crippen LogP contribution in [-0.4, -0.2) is 24.3 Å². The van der Waals surface area contributed by atoms with Crippen LogP contribution < -0.4 is 11.1 Å². The van der Waals surface area contributed by atoms with Gasteiger partial charge in [0.25, 0.3) is 0 Å². The highest BCUT2D eigenvalue weighted by atomic mass is 16.3. The molecule has 0 spiro atoms. The van der Waals surface area contributed by atoms with Gasteiger partial charge in [0.1, 0.15) is 0 Å². The van der Waals surface area contributed by atoms with Crippen molar-refractivity contribution < 1.29 is 5.11 Å². The Hall–Kier alpha value is -1.84. The van der Waals surface area contributed by atoms with Crippen LogP contribution in [0.4, 0.5) is 5.69 Å². The summed E-state index contributed by atoms with van der Waals surface area (Å²) < 4.78 is 0. The largest absolute Gasteiger partial charge is 0.399 e. The molecular formula is C17H24N2O. The molecule has 4 N–H and O–H groups in total. The van der Waals surface area contributed by atoms with E-state index in [9.17, 15) is 5.11 Å². The fraction of sp³-hybridized carbons (Fsp3) is 0.294. The summed E-state index contributed by atoms with van der Waals surface area (Å²) in [5, 5.41) is 13.3. The molecule has 1 aromatic rings. The molecule has 0 aliphatic heterocycles. The lowest BCUT2D eigenvalue weighted by atomic mass is 10.1. The number of nitrogens with one attached hydrogen (secondary N) is 1. The van der Waals surface area contributed by atoms with Crippen molar-refractivity contribution in [3.63, 3.8) is 0 Å². The van der Waals surface area contributed by atoms with E-state index in [4.69, 9.17) is 5.73 Å². The van der Waals surface area contributed by atoms with Crippen LogP contribution in [0.5, 0.6) is 0 Å². The van der Waals surface area contributed by atoms with Gasteiger partial charge < -0.3 is 16.2 Å². The summed E-state index contributed by atoms with van der Waals surface area (Å²) >= 11 is 0. The van der Waals surface area contributed by atoms with E-state index in [0.29, 0.717) is 6.54 Å². The molecule has 0 aromatic heterocycles. The van der Waals surface area contributed by atoms with Gasteiger partial charge in [-0.15, -0.1) is 0 Å². The van der Waals surface area contributed by atoms with Gasteiger partial charge in [0.2, 0.25) is 0 Å². The van der Waals surface area contributed by atoms with E-state index >= 15 is 0 Å². The van der Waals surface area contributed by atoms with Crippen LogP contribution >= 0.6 is 0 Å². The molecule has 20 heavy (non-hydrogen) atoms. The van der Waals surface area contributed by atoms with E-state index in [1.807, 2.05) is 49.4 Å². The molecule has 3 nitrogen and oxygen atoms in total. The predicted molar refractivity (Wildman–Crippen MR) is 86.5 cm³/mol. The summed E-state index contributed by atoms with van der Waals surface area (Å²) in [4.78, 5) is 0. The summed E-state index contributed by atoms with van der Waals surface area (Å²) in [6.45, 7) is 6.90. The van der Waals surface area contributed by atoms with Crippen molar-refractivity contribution in [2.75, 3.05) is 18.8 Å². The van der Waals surface area contributed by atoms with Crippen LogP contribution in [0.25, 0.3) is 0 Å². The maximum absolute atomic E-state index is 10.0. The van der Waals surface area contributed by atoms with Gasteiger partial charge in [-0.05, 0) is 43.2 Å². The summed E-state index contributed by atoms with van der Waals surface area (Å²) in [5.41, 5.74) is 8.55. The number of rotatable bonds is 8. The highest BCUT2D eigenvalue weighted by Crippen LogP contribution is 2.06. The first-order chi connectivity index (χ1) is 9.67. The third-order valence-corrected chi connectivity index (χ3v) is 3.05. The number of hydrogen-bond acceptors (Lipinski definition) is 3. The molecule has 0 saturated heterocycles. The Labute approximate surface area is 121 Å². The Morgan fingerprint density at radius 2 is 2.10 bits per heavy atom. The Bertz CT molecular complexity index is 460. The van der Waals surface area contributed by atoms with Gasteiger partial charge in [-0.1, -0.05) is 43.0 Å². The Balaban J connectivity index is 2.31. The number of hydrogen-bond donors (Lipinski definition) is 3. The van der Waals surface area contributed by atoms with E-state index < -0.39 is 6.10 Å². The van der Waals surface area contributed by atoms with Crippen molar-refractivity contribution in [3.05, 3.63) is 66.3 Å². The lowest BCUT2D eigenvalue weighted by molar-refractivity contribution is 0.210. The maximum Gasteiger partial charge on any atom is 0.0911 e. The number of aliphatic hydroxyl groups excluding tert-OH is 1. The summed E-state index contributed by atoms with van der Waals surface area (Å²) in [5.74, 6) is 0. The monoisotopic (exact) mass is 272 g/mol. The van der Waals surface area contributed by atoms with E-state index in [2.05, 4.69) is 11.9 Å². The molecule has 0 amide bonds. The Morgan fingerprint density at radius 3 is 2.70 bits per heavy atom. The van der Waals surface area contributed by atoms with Crippen LogP contribution in [0.15, 0.2) is 60.7 Å². The predicted octanol–water partition coefficient (Wildman–Crippen LogP) is 2.45. The second-order valence-corrected chi connectivity index (χ2v) is 4.59. The van der Waals surface area contributed by atoms with Crippen LogP contribution in [0, 0.1) is 0 Å². The molecule has 0 saturated carbocycles. The zero-order valence-electron chi connectivity index (χ0n) is 12.0. The molecular weight excluding hydrogens is 248 g/mol. The van der Waals surface area contributed by atoms with Crippen LogP contribution in [-0.2, 0) is 6.42 Å². The van der Waals surface area contributed by atoms with Gasteiger partial charge in [0.15, 0.2) is 0 Å². The van der Waals surface area contributed by atoms with Crippen molar-refractivity contribution in [2.24, 2.45) is 0 Å². The average Bonchev–Trinajstić information content (AvgIpc) is 2.46. The molecule has 0 radical (unpaired) electrons. The molecule has 0 bridgehead atoms. The fourth-order valence-electron chi connectivity index (χ4n) is 1.85. The standard InChI is InChI=1S/C17H24N2O/c1-3-5-6-15(4-2)17(20)13-19-12-11-14-7-9-16(18)10-8-14/h3-10,17,19-20H,1,11-13,18H2,2H3/b6-5-,15-4+/t17-/m0/s1. The lowest BCUT2D eigenvalue weighted by Crippen LogP contribution is -2.29. The van der Waals surface area contributed by atoms with Gasteiger partial charge in [-0.25, -0.2) is 0 Å². The van der Waals surface area contributed by atoms with Crippen LogP contribution in [0.2, 0.25) is 0 Å². The minimum Gasteiger partial charge on any atom is -0.399 e. The summed E-state index contributed by atoms with van der Waals surface area (Å²) in [6.07, 6.45) is 7.73. The normalized spacial score (nSPS) is 13.6. The molecule has 0 aliphatic rings. The number of allylic oxidation sites excluding steroid dienone is 3. The number of nitrogens with two attached hydrogens (primary N) is 1. The maximum atomic E-state index is 10.0. The molecule has 0 aliphatic carbocycles. The van der Waals surface area contributed by atoms with Crippen molar-refractivity contribution >= 4 is 5.69 Å². The first kappa shape index (κ1) is 16.2. The van der Waals surface area contributed by atoms with Gasteiger partial charge in [0.05, 0.1) is 6.10 Å². The number of aliphatic hydroxyl groups is 1. The number of anilines is 1. The molecule has 108 valence electrons. The third kappa shape index (κ3) is 5.87. The smallest absolute Gasteiger partial charge is 0.0911 e. The van der Waals surface area contributed by atoms with E-state index in [1.54, 1.807) is 6.08 Å². The van der Waals surface area contributed by atoms with E-state index in [1.165, 1.54) is 5.56 Å². The molecule has 1 rings (SSSR count). The van der Waals surface area contributed by atoms with Crippen molar-refractivity contribution in [1.82, 2.24) is 5.32 Å². The van der Waals surface area contributed by atoms with Gasteiger partial charge >= 0.3 is 0 Å². The molecule has 3 heteroatoms. The second kappa shape index (κ2) is 9.13. The van der Waals surface area contributed by atoms with E-state index in [0.717, 1.165) is 24.2 Å². The van der Waals surface area contributed by atoms with Crippen molar-refractivity contribution in [3.8, 4) is 0 Å². The van der Waals surface area contributed by atoms with E-state index in [-0.39, 0.29) is 0 Å². The molecule has 1 atom stereocenters. The van der Waals surface area contributed by atoms with Crippen LogP contribution in [0.1, 0.15) is 12.5 Å². The topological polar surface area (TPSA) is 58.3 Å².